The van der Waals surface area contributed by atoms with E-state index in [1.165, 1.54) is 6.20 Å². The van der Waals surface area contributed by atoms with Crippen LogP contribution in [0, 0.1) is 0 Å². The lowest BCUT2D eigenvalue weighted by Crippen LogP contribution is -2.11. The number of aromatic carboxylic acids is 1. The van der Waals surface area contributed by atoms with E-state index in [0.717, 1.165) is 25.8 Å². The molecule has 1 aromatic heterocycles. The molecule has 5 heteroatoms. The summed E-state index contributed by atoms with van der Waals surface area (Å²) in [6.07, 6.45) is 5.06. The van der Waals surface area contributed by atoms with Gasteiger partial charge in [-0.3, -0.25) is 0 Å². The molecule has 0 radical (unpaired) electrons. The molecule has 5 nitrogen and oxygen atoms in total. The average molecular weight is 237 g/mol. The number of nitrogens with zero attached hydrogens (tertiary/aromatic N) is 2. The van der Waals surface area contributed by atoms with Gasteiger partial charge in [-0.25, -0.2) is 14.8 Å². The van der Waals surface area contributed by atoms with Crippen LogP contribution in [0.1, 0.15) is 49.2 Å². The molecule has 0 aliphatic rings. The van der Waals surface area contributed by atoms with E-state index >= 15 is 0 Å². The fourth-order valence-corrected chi connectivity index (χ4v) is 1.49. The molecule has 0 atom stereocenters. The normalized spacial score (nSPS) is 10.2. The van der Waals surface area contributed by atoms with Gasteiger partial charge in [-0.2, -0.15) is 0 Å². The maximum atomic E-state index is 11.0. The third-order valence-electron chi connectivity index (χ3n) is 2.40. The van der Waals surface area contributed by atoms with Crippen LogP contribution in [0.15, 0.2) is 6.20 Å². The predicted molar refractivity (Wildman–Crippen MR) is 66.4 cm³/mol. The number of rotatable bonds is 7. The van der Waals surface area contributed by atoms with Gasteiger partial charge in [0.15, 0.2) is 0 Å². The van der Waals surface area contributed by atoms with E-state index in [0.29, 0.717) is 18.1 Å². The number of hydrogen-bond acceptors (Lipinski definition) is 4. The predicted octanol–water partition coefficient (Wildman–Crippen LogP) is 2.34. The Labute approximate surface area is 101 Å². The first-order chi connectivity index (χ1) is 8.19. The van der Waals surface area contributed by atoms with E-state index in [4.69, 9.17) is 5.11 Å². The Kier molecular flexibility index (Phi) is 5.39. The second kappa shape index (κ2) is 6.83. The molecule has 0 amide bonds. The molecule has 17 heavy (non-hydrogen) atoms. The van der Waals surface area contributed by atoms with Gasteiger partial charge in [0.2, 0.25) is 5.95 Å². The number of nitrogens with one attached hydrogen (secondary N) is 1. The lowest BCUT2D eigenvalue weighted by Gasteiger charge is -2.07. The molecule has 0 bridgehead atoms. The van der Waals surface area contributed by atoms with Crippen molar-refractivity contribution in [1.29, 1.82) is 0 Å². The Morgan fingerprint density at radius 2 is 2.18 bits per heavy atom. The van der Waals surface area contributed by atoms with E-state index in [2.05, 4.69) is 22.2 Å². The second-order valence-corrected chi connectivity index (χ2v) is 3.89. The zero-order chi connectivity index (χ0) is 12.7. The fourth-order valence-electron chi connectivity index (χ4n) is 1.49. The Balaban J connectivity index is 2.81. The molecule has 0 aromatic carbocycles. The van der Waals surface area contributed by atoms with Crippen LogP contribution in [-0.4, -0.2) is 27.6 Å². The molecule has 1 rings (SSSR count). The molecule has 94 valence electrons. The number of carboxylic acids is 1. The van der Waals surface area contributed by atoms with Gasteiger partial charge in [-0.1, -0.05) is 26.7 Å². The summed E-state index contributed by atoms with van der Waals surface area (Å²) in [4.78, 5) is 19.2. The number of hydrogen-bond donors (Lipinski definition) is 2. The molecule has 0 aliphatic heterocycles. The molecule has 1 heterocycles. The second-order valence-electron chi connectivity index (χ2n) is 3.89. The van der Waals surface area contributed by atoms with Crippen molar-refractivity contribution in [2.24, 2.45) is 0 Å². The van der Waals surface area contributed by atoms with E-state index in [1.807, 2.05) is 6.92 Å². The lowest BCUT2D eigenvalue weighted by atomic mass is 10.1. The highest BCUT2D eigenvalue weighted by molar-refractivity contribution is 5.88. The number of aryl methyl sites for hydroxylation is 1. The number of aromatic nitrogens is 2. The summed E-state index contributed by atoms with van der Waals surface area (Å²) in [6, 6.07) is 0. The topological polar surface area (TPSA) is 75.1 Å². The van der Waals surface area contributed by atoms with Crippen molar-refractivity contribution < 1.29 is 9.90 Å². The molecule has 0 saturated heterocycles. The zero-order valence-electron chi connectivity index (χ0n) is 10.4. The summed E-state index contributed by atoms with van der Waals surface area (Å²) >= 11 is 0. The first-order valence-corrected chi connectivity index (χ1v) is 6.02. The highest BCUT2D eigenvalue weighted by Gasteiger charge is 2.12. The highest BCUT2D eigenvalue weighted by Crippen LogP contribution is 2.10. The number of carboxylic acid groups (broad SMARTS) is 1. The van der Waals surface area contributed by atoms with Crippen LogP contribution < -0.4 is 5.32 Å². The zero-order valence-corrected chi connectivity index (χ0v) is 10.4. The van der Waals surface area contributed by atoms with Gasteiger partial charge in [-0.15, -0.1) is 0 Å². The summed E-state index contributed by atoms with van der Waals surface area (Å²) in [7, 11) is 0. The van der Waals surface area contributed by atoms with Crippen LogP contribution >= 0.6 is 0 Å². The largest absolute Gasteiger partial charge is 0.478 e. The molecular formula is C12H19N3O2. The quantitative estimate of drug-likeness (QED) is 0.712. The number of carbonyl (C=O) groups is 1. The Hall–Kier alpha value is -1.65. The standard InChI is InChI=1S/C12H19N3O2/c1-3-5-7-13-12-14-8-9(11(16)17)10(15-12)6-4-2/h8H,3-7H2,1-2H3,(H,16,17)(H,13,14,15). The molecule has 0 spiro atoms. The maximum absolute atomic E-state index is 11.0. The first-order valence-electron chi connectivity index (χ1n) is 6.02. The third kappa shape index (κ3) is 4.01. The number of unbranched alkanes of at least 4 members (excludes halogenated alkanes) is 1. The van der Waals surface area contributed by atoms with Gasteiger partial charge >= 0.3 is 5.97 Å². The van der Waals surface area contributed by atoms with Crippen LogP contribution in [0.25, 0.3) is 0 Å². The SMILES string of the molecule is CCCCNc1ncc(C(=O)O)c(CCC)n1. The minimum absolute atomic E-state index is 0.202. The summed E-state index contributed by atoms with van der Waals surface area (Å²) in [5.74, 6) is -0.444. The van der Waals surface area contributed by atoms with Gasteiger partial charge in [0, 0.05) is 12.7 Å². The smallest absolute Gasteiger partial charge is 0.339 e. The van der Waals surface area contributed by atoms with Gasteiger partial charge in [0.1, 0.15) is 0 Å². The number of anilines is 1. The van der Waals surface area contributed by atoms with E-state index in [-0.39, 0.29) is 5.56 Å². The maximum Gasteiger partial charge on any atom is 0.339 e. The van der Waals surface area contributed by atoms with Crippen molar-refractivity contribution in [2.75, 3.05) is 11.9 Å². The van der Waals surface area contributed by atoms with Crippen molar-refractivity contribution in [3.8, 4) is 0 Å². The van der Waals surface area contributed by atoms with Crippen LogP contribution in [0.4, 0.5) is 5.95 Å². The Morgan fingerprint density at radius 1 is 1.41 bits per heavy atom. The molecule has 0 aliphatic carbocycles. The van der Waals surface area contributed by atoms with E-state index in [9.17, 15) is 4.79 Å². The van der Waals surface area contributed by atoms with Crippen molar-refractivity contribution in [1.82, 2.24) is 9.97 Å². The first kappa shape index (κ1) is 13.4. The lowest BCUT2D eigenvalue weighted by molar-refractivity contribution is 0.0694. The van der Waals surface area contributed by atoms with Crippen molar-refractivity contribution in [3.63, 3.8) is 0 Å². The Bertz CT molecular complexity index is 380. The van der Waals surface area contributed by atoms with Crippen LogP contribution in [-0.2, 0) is 6.42 Å². The van der Waals surface area contributed by atoms with Gasteiger partial charge < -0.3 is 10.4 Å². The van der Waals surface area contributed by atoms with Crippen molar-refractivity contribution in [3.05, 3.63) is 17.5 Å². The highest BCUT2D eigenvalue weighted by atomic mass is 16.4. The van der Waals surface area contributed by atoms with Crippen LogP contribution in [0.5, 0.6) is 0 Å². The summed E-state index contributed by atoms with van der Waals surface area (Å²) in [5.41, 5.74) is 0.807. The molecular weight excluding hydrogens is 218 g/mol. The monoisotopic (exact) mass is 237 g/mol. The van der Waals surface area contributed by atoms with Gasteiger partial charge in [0.25, 0.3) is 0 Å². The van der Waals surface area contributed by atoms with Crippen LogP contribution in [0.2, 0.25) is 0 Å². The third-order valence-corrected chi connectivity index (χ3v) is 2.40. The minimum Gasteiger partial charge on any atom is -0.478 e. The molecule has 0 unspecified atom stereocenters. The average Bonchev–Trinajstić information content (AvgIpc) is 2.30. The Morgan fingerprint density at radius 3 is 2.76 bits per heavy atom. The molecule has 0 saturated carbocycles. The van der Waals surface area contributed by atoms with E-state index in [1.54, 1.807) is 0 Å². The van der Waals surface area contributed by atoms with Crippen molar-refractivity contribution in [2.45, 2.75) is 39.5 Å². The minimum atomic E-state index is -0.964. The summed E-state index contributed by atoms with van der Waals surface area (Å²) in [5, 5.41) is 12.1. The summed E-state index contributed by atoms with van der Waals surface area (Å²) < 4.78 is 0. The van der Waals surface area contributed by atoms with Crippen molar-refractivity contribution >= 4 is 11.9 Å². The molecule has 1 aromatic rings. The van der Waals surface area contributed by atoms with Crippen LogP contribution in [0.3, 0.4) is 0 Å². The fraction of sp³-hybridized carbons (Fsp3) is 0.583. The van der Waals surface area contributed by atoms with E-state index < -0.39 is 5.97 Å². The summed E-state index contributed by atoms with van der Waals surface area (Å²) in [6.45, 7) is 4.92. The molecule has 0 fully saturated rings. The van der Waals surface area contributed by atoms with Gasteiger partial charge in [-0.05, 0) is 12.8 Å². The van der Waals surface area contributed by atoms with Gasteiger partial charge in [0.05, 0.1) is 11.3 Å². The molecule has 2 N–H and O–H groups in total.